The smallest absolute Gasteiger partial charge is 0.257 e. The van der Waals surface area contributed by atoms with E-state index in [1.165, 1.54) is 0 Å². The second-order valence-corrected chi connectivity index (χ2v) is 4.30. The fourth-order valence-corrected chi connectivity index (χ4v) is 1.42. The van der Waals surface area contributed by atoms with Crippen LogP contribution in [0.2, 0.25) is 0 Å². The molecule has 1 unspecified atom stereocenters. The molecule has 1 amide bonds. The average molecular weight is 251 g/mol. The summed E-state index contributed by atoms with van der Waals surface area (Å²) in [6.07, 6.45) is 0.936. The number of nitrogens with one attached hydrogen (secondary N) is 1. The van der Waals surface area contributed by atoms with Crippen molar-refractivity contribution in [2.45, 2.75) is 32.8 Å². The van der Waals surface area contributed by atoms with Gasteiger partial charge < -0.3 is 15.2 Å². The normalized spacial score (nSPS) is 11.9. The van der Waals surface area contributed by atoms with Crippen LogP contribution in [0.15, 0.2) is 24.3 Å². The Morgan fingerprint density at radius 3 is 2.67 bits per heavy atom. The van der Waals surface area contributed by atoms with Crippen molar-refractivity contribution < 1.29 is 14.6 Å². The first-order valence-corrected chi connectivity index (χ1v) is 6.26. The van der Waals surface area contributed by atoms with Crippen LogP contribution < -0.4 is 10.1 Å². The van der Waals surface area contributed by atoms with Gasteiger partial charge in [-0.1, -0.05) is 24.6 Å². The molecule has 1 atom stereocenters. The van der Waals surface area contributed by atoms with E-state index in [4.69, 9.17) is 4.74 Å². The molecule has 1 aromatic rings. The zero-order valence-corrected chi connectivity index (χ0v) is 11.0. The fraction of sp³-hybridized carbons (Fsp3) is 0.500. The minimum Gasteiger partial charge on any atom is -0.484 e. The van der Waals surface area contributed by atoms with Crippen LogP contribution in [0.4, 0.5) is 0 Å². The van der Waals surface area contributed by atoms with Crippen LogP contribution >= 0.6 is 0 Å². The second-order valence-electron chi connectivity index (χ2n) is 4.30. The lowest BCUT2D eigenvalue weighted by Crippen LogP contribution is -2.31. The summed E-state index contributed by atoms with van der Waals surface area (Å²) in [5, 5.41) is 12.0. The van der Waals surface area contributed by atoms with E-state index in [1.807, 2.05) is 38.1 Å². The summed E-state index contributed by atoms with van der Waals surface area (Å²) >= 11 is 0. The molecular weight excluding hydrogens is 230 g/mol. The molecule has 0 aliphatic heterocycles. The largest absolute Gasteiger partial charge is 0.484 e. The minimum atomic E-state index is -0.344. The Kier molecular flexibility index (Phi) is 6.22. The summed E-state index contributed by atoms with van der Waals surface area (Å²) in [4.78, 5) is 11.4. The Hall–Kier alpha value is -1.55. The molecule has 0 aliphatic rings. The van der Waals surface area contributed by atoms with Crippen molar-refractivity contribution in [3.63, 3.8) is 0 Å². The molecule has 0 saturated carbocycles. The predicted octanol–water partition coefficient (Wildman–Crippen LogP) is 1.65. The number of ether oxygens (including phenoxy) is 1. The van der Waals surface area contributed by atoms with Gasteiger partial charge in [0.1, 0.15) is 5.75 Å². The van der Waals surface area contributed by atoms with Crippen LogP contribution in [-0.4, -0.2) is 30.3 Å². The summed E-state index contributed by atoms with van der Waals surface area (Å²) in [6, 6.07) is 7.54. The number of rotatable bonds is 7. The average Bonchev–Trinajstić information content (AvgIpc) is 2.38. The van der Waals surface area contributed by atoms with Gasteiger partial charge in [-0.25, -0.2) is 0 Å². The molecule has 0 aliphatic carbocycles. The molecule has 0 saturated heterocycles. The minimum absolute atomic E-state index is 0.00524. The Bertz CT molecular complexity index is 362. The standard InChI is InChI=1S/C14H21NO3/c1-3-12(16)8-9-15-14(17)10-18-13-6-4-11(2)5-7-13/h4-7,12,16H,3,8-10H2,1-2H3,(H,15,17). The van der Waals surface area contributed by atoms with Crippen molar-refractivity contribution in [1.82, 2.24) is 5.32 Å². The number of hydrogen-bond donors (Lipinski definition) is 2. The lowest BCUT2D eigenvalue weighted by Gasteiger charge is -2.09. The van der Waals surface area contributed by atoms with Gasteiger partial charge in [0.2, 0.25) is 0 Å². The van der Waals surface area contributed by atoms with Crippen molar-refractivity contribution in [3.8, 4) is 5.75 Å². The van der Waals surface area contributed by atoms with E-state index < -0.39 is 0 Å². The third kappa shape index (κ3) is 5.68. The Morgan fingerprint density at radius 2 is 2.06 bits per heavy atom. The molecule has 0 aromatic heterocycles. The van der Waals surface area contributed by atoms with Gasteiger partial charge in [0, 0.05) is 6.54 Å². The van der Waals surface area contributed by atoms with Gasteiger partial charge in [-0.15, -0.1) is 0 Å². The van der Waals surface area contributed by atoms with Crippen molar-refractivity contribution in [3.05, 3.63) is 29.8 Å². The molecular formula is C14H21NO3. The molecule has 1 aromatic carbocycles. The number of hydrogen-bond acceptors (Lipinski definition) is 3. The van der Waals surface area contributed by atoms with E-state index in [1.54, 1.807) is 0 Å². The number of amides is 1. The van der Waals surface area contributed by atoms with Crippen LogP contribution in [0.3, 0.4) is 0 Å². The highest BCUT2D eigenvalue weighted by atomic mass is 16.5. The van der Waals surface area contributed by atoms with Crippen LogP contribution in [0.1, 0.15) is 25.3 Å². The van der Waals surface area contributed by atoms with E-state index in [-0.39, 0.29) is 18.6 Å². The van der Waals surface area contributed by atoms with Crippen LogP contribution in [0.25, 0.3) is 0 Å². The van der Waals surface area contributed by atoms with Crippen molar-refractivity contribution in [2.24, 2.45) is 0 Å². The first kappa shape index (κ1) is 14.5. The number of aliphatic hydroxyl groups is 1. The van der Waals surface area contributed by atoms with E-state index >= 15 is 0 Å². The van der Waals surface area contributed by atoms with Gasteiger partial charge in [0.25, 0.3) is 5.91 Å². The molecule has 4 heteroatoms. The van der Waals surface area contributed by atoms with E-state index in [2.05, 4.69) is 5.32 Å². The SMILES string of the molecule is CCC(O)CCNC(=O)COc1ccc(C)cc1. The Morgan fingerprint density at radius 1 is 1.39 bits per heavy atom. The highest BCUT2D eigenvalue weighted by Gasteiger charge is 2.04. The zero-order valence-electron chi connectivity index (χ0n) is 11.0. The third-order valence-corrected chi connectivity index (χ3v) is 2.66. The first-order chi connectivity index (χ1) is 8.61. The van der Waals surface area contributed by atoms with E-state index in [9.17, 15) is 9.90 Å². The molecule has 4 nitrogen and oxygen atoms in total. The molecule has 100 valence electrons. The second kappa shape index (κ2) is 7.71. The van der Waals surface area contributed by atoms with Gasteiger partial charge in [-0.2, -0.15) is 0 Å². The van der Waals surface area contributed by atoms with Gasteiger partial charge in [0.05, 0.1) is 6.10 Å². The topological polar surface area (TPSA) is 58.6 Å². The Labute approximate surface area is 108 Å². The van der Waals surface area contributed by atoms with Crippen LogP contribution in [-0.2, 0) is 4.79 Å². The van der Waals surface area contributed by atoms with Crippen LogP contribution in [0.5, 0.6) is 5.75 Å². The molecule has 2 N–H and O–H groups in total. The number of benzene rings is 1. The zero-order chi connectivity index (χ0) is 13.4. The number of carbonyl (C=O) groups excluding carboxylic acids is 1. The number of carbonyl (C=O) groups is 1. The molecule has 0 spiro atoms. The summed E-state index contributed by atoms with van der Waals surface area (Å²) < 4.78 is 5.33. The molecule has 1 rings (SSSR count). The summed E-state index contributed by atoms with van der Waals surface area (Å²) in [5.74, 6) is 0.517. The summed E-state index contributed by atoms with van der Waals surface area (Å²) in [7, 11) is 0. The maximum absolute atomic E-state index is 11.4. The fourth-order valence-electron chi connectivity index (χ4n) is 1.42. The lowest BCUT2D eigenvalue weighted by molar-refractivity contribution is -0.123. The molecule has 0 heterocycles. The highest BCUT2D eigenvalue weighted by molar-refractivity contribution is 5.77. The number of aryl methyl sites for hydroxylation is 1. The van der Waals surface area contributed by atoms with Crippen molar-refractivity contribution in [1.29, 1.82) is 0 Å². The van der Waals surface area contributed by atoms with Gasteiger partial charge in [-0.3, -0.25) is 4.79 Å². The lowest BCUT2D eigenvalue weighted by atomic mass is 10.2. The quantitative estimate of drug-likeness (QED) is 0.774. The Balaban J connectivity index is 2.19. The van der Waals surface area contributed by atoms with Gasteiger partial charge >= 0.3 is 0 Å². The third-order valence-electron chi connectivity index (χ3n) is 2.66. The maximum Gasteiger partial charge on any atom is 0.257 e. The number of aliphatic hydroxyl groups excluding tert-OH is 1. The van der Waals surface area contributed by atoms with E-state index in [0.717, 1.165) is 5.56 Å². The van der Waals surface area contributed by atoms with Crippen molar-refractivity contribution >= 4 is 5.91 Å². The highest BCUT2D eigenvalue weighted by Crippen LogP contribution is 2.10. The summed E-state index contributed by atoms with van der Waals surface area (Å²) in [6.45, 7) is 4.39. The van der Waals surface area contributed by atoms with Crippen molar-refractivity contribution in [2.75, 3.05) is 13.2 Å². The molecule has 0 bridgehead atoms. The molecule has 0 fully saturated rings. The monoisotopic (exact) mass is 251 g/mol. The van der Waals surface area contributed by atoms with E-state index in [0.29, 0.717) is 25.1 Å². The molecule has 18 heavy (non-hydrogen) atoms. The maximum atomic E-state index is 11.4. The summed E-state index contributed by atoms with van der Waals surface area (Å²) in [5.41, 5.74) is 1.15. The van der Waals surface area contributed by atoms with Gasteiger partial charge in [-0.05, 0) is 31.9 Å². The predicted molar refractivity (Wildman–Crippen MR) is 70.6 cm³/mol. The van der Waals surface area contributed by atoms with Crippen LogP contribution in [0, 0.1) is 6.92 Å². The molecule has 0 radical (unpaired) electrons. The van der Waals surface area contributed by atoms with Gasteiger partial charge in [0.15, 0.2) is 6.61 Å². The first-order valence-electron chi connectivity index (χ1n) is 6.26.